The molecule has 9 aromatic carbocycles. The second kappa shape index (κ2) is 19.6. The average Bonchev–Trinajstić information content (AvgIpc) is 3.48. The Morgan fingerprint density at radius 2 is 0.833 bits per heavy atom. The van der Waals surface area contributed by atoms with Crippen molar-refractivity contribution in [2.24, 2.45) is 40.9 Å². The van der Waals surface area contributed by atoms with E-state index in [2.05, 4.69) is 40.9 Å². The van der Waals surface area contributed by atoms with Crippen LogP contribution in [0.1, 0.15) is 0 Å². The van der Waals surface area contributed by atoms with E-state index < -0.39 is 121 Å². The van der Waals surface area contributed by atoms with Crippen LogP contribution in [0.15, 0.2) is 193 Å². The number of nitrogens with zero attached hydrogens (tertiary/aromatic N) is 8. The van der Waals surface area contributed by atoms with Crippen molar-refractivity contribution in [2.45, 2.75) is 24.5 Å². The summed E-state index contributed by atoms with van der Waals surface area (Å²) in [5.74, 6) is -2.38. The summed E-state index contributed by atoms with van der Waals surface area (Å²) in [5.41, 5.74) is 2.38. The maximum atomic E-state index is 12.8. The van der Waals surface area contributed by atoms with Gasteiger partial charge in [0.25, 0.3) is 50.6 Å². The standard InChI is InChI=1S/C46H31N9O18S5/c47-40-39-23(10-14-33(45(39)58)52-53-34-16-12-27-28(46(34)78(71,72)73)13-15-32(43(27)56)51-50-31-7-3-4-8-36(31)75(62,63)64)20-37(76(65,66)67)41(40)54-48-24-11-9-22-19-38(77(68,69)70)42(44(57)29(22)21-24)55-49-30-17-18-35(74(59,60)61)26-6-2-1-5-25(26)30/h1-21,56-58H,47H2,(H,59,60,61)(H,62,63,64)(H,65,66,67)(H,68,69,70)(H,71,72,73). The van der Waals surface area contributed by atoms with E-state index in [1.165, 1.54) is 60.7 Å². The van der Waals surface area contributed by atoms with Crippen molar-refractivity contribution in [1.82, 2.24) is 0 Å². The van der Waals surface area contributed by atoms with Gasteiger partial charge >= 0.3 is 0 Å². The Hall–Kier alpha value is -8.83. The van der Waals surface area contributed by atoms with Gasteiger partial charge in [0, 0.05) is 26.9 Å². The first-order valence-corrected chi connectivity index (χ1v) is 28.5. The summed E-state index contributed by atoms with van der Waals surface area (Å²) in [6, 6.07) is 24.8. The number of rotatable bonds is 13. The van der Waals surface area contributed by atoms with Crippen LogP contribution in [0.25, 0.3) is 43.1 Å². The van der Waals surface area contributed by atoms with Gasteiger partial charge in [-0.3, -0.25) is 22.8 Å². The summed E-state index contributed by atoms with van der Waals surface area (Å²) < 4.78 is 174. The number of azo groups is 4. The first kappa shape index (κ1) is 54.0. The summed E-state index contributed by atoms with van der Waals surface area (Å²) in [5, 5.41) is 64.2. The van der Waals surface area contributed by atoms with Gasteiger partial charge in [0.15, 0.2) is 17.2 Å². The normalized spacial score (nSPS) is 13.2. The fourth-order valence-electron chi connectivity index (χ4n) is 8.05. The van der Waals surface area contributed by atoms with Gasteiger partial charge in [0.1, 0.15) is 58.6 Å². The van der Waals surface area contributed by atoms with Crippen LogP contribution in [-0.4, -0.2) is 80.2 Å². The molecule has 0 unspecified atom stereocenters. The van der Waals surface area contributed by atoms with Crippen molar-refractivity contribution in [1.29, 1.82) is 0 Å². The molecule has 0 fully saturated rings. The zero-order valence-corrected chi connectivity index (χ0v) is 42.6. The van der Waals surface area contributed by atoms with Crippen LogP contribution in [-0.2, 0) is 50.6 Å². The van der Waals surface area contributed by atoms with Crippen LogP contribution in [0, 0.1) is 0 Å². The smallest absolute Gasteiger partial charge is 0.297 e. The van der Waals surface area contributed by atoms with Crippen LogP contribution in [0.2, 0.25) is 0 Å². The van der Waals surface area contributed by atoms with Crippen molar-refractivity contribution < 1.29 is 80.2 Å². The minimum absolute atomic E-state index is 0.0143. The molecule has 398 valence electrons. The van der Waals surface area contributed by atoms with Crippen LogP contribution in [0.4, 0.5) is 51.2 Å². The third-order valence-corrected chi connectivity index (χ3v) is 16.0. The van der Waals surface area contributed by atoms with Crippen molar-refractivity contribution in [2.75, 3.05) is 5.73 Å². The Kier molecular flexibility index (Phi) is 13.6. The molecule has 0 bridgehead atoms. The average molecular weight is 1160 g/mol. The highest BCUT2D eigenvalue weighted by Crippen LogP contribution is 2.48. The molecule has 0 saturated heterocycles. The van der Waals surface area contributed by atoms with Crippen LogP contribution in [0.5, 0.6) is 17.2 Å². The Labute approximate surface area is 438 Å². The lowest BCUT2D eigenvalue weighted by molar-refractivity contribution is 0.472. The van der Waals surface area contributed by atoms with E-state index in [9.17, 15) is 80.2 Å². The van der Waals surface area contributed by atoms with E-state index >= 15 is 0 Å². The van der Waals surface area contributed by atoms with Gasteiger partial charge in [-0.05, 0) is 83.6 Å². The van der Waals surface area contributed by atoms with Crippen molar-refractivity contribution in [3.63, 3.8) is 0 Å². The molecule has 0 heterocycles. The first-order valence-electron chi connectivity index (χ1n) is 21.3. The number of anilines is 1. The summed E-state index contributed by atoms with van der Waals surface area (Å²) in [7, 11) is -25.0. The topological polar surface area (TPSA) is 457 Å². The summed E-state index contributed by atoms with van der Waals surface area (Å²) >= 11 is 0. The molecule has 78 heavy (non-hydrogen) atoms. The number of fused-ring (bicyclic) bond motifs is 4. The highest BCUT2D eigenvalue weighted by atomic mass is 32.2. The van der Waals surface area contributed by atoms with Crippen molar-refractivity contribution >= 4 is 145 Å². The van der Waals surface area contributed by atoms with Crippen molar-refractivity contribution in [3.05, 3.63) is 127 Å². The molecule has 0 amide bonds. The molecule has 10 N–H and O–H groups in total. The molecule has 0 aliphatic rings. The van der Waals surface area contributed by atoms with E-state index in [4.69, 9.17) is 5.73 Å². The Balaban J connectivity index is 1.09. The Morgan fingerprint density at radius 1 is 0.333 bits per heavy atom. The zero-order chi connectivity index (χ0) is 56.4. The minimum Gasteiger partial charge on any atom is -0.505 e. The molecule has 0 radical (unpaired) electrons. The van der Waals surface area contributed by atoms with E-state index in [0.717, 1.165) is 66.7 Å². The third kappa shape index (κ3) is 10.4. The molecule has 0 aliphatic heterocycles. The van der Waals surface area contributed by atoms with Gasteiger partial charge in [-0.15, -0.1) is 35.8 Å². The second-order valence-corrected chi connectivity index (χ2v) is 23.3. The van der Waals surface area contributed by atoms with Gasteiger partial charge < -0.3 is 21.1 Å². The fraction of sp³-hybridized carbons (Fsp3) is 0. The molecule has 0 aromatic heterocycles. The highest BCUT2D eigenvalue weighted by molar-refractivity contribution is 7.87. The predicted molar refractivity (Wildman–Crippen MR) is 277 cm³/mol. The Morgan fingerprint density at radius 3 is 1.50 bits per heavy atom. The molecular weight excluding hydrogens is 1130 g/mol. The van der Waals surface area contributed by atoms with Gasteiger partial charge in [-0.2, -0.15) is 47.2 Å². The molecule has 9 aromatic rings. The van der Waals surface area contributed by atoms with Crippen LogP contribution in [0.3, 0.4) is 0 Å². The highest BCUT2D eigenvalue weighted by Gasteiger charge is 2.27. The SMILES string of the molecule is Nc1c(N=Nc2ccc3cc(S(=O)(=O)O)c(N=Nc4ccc(S(=O)(=O)O)c5ccccc45)c(O)c3c2)c(S(=O)(=O)O)cc2ccc(N=Nc3ccc4c(O)c(N=Nc5ccccc5S(=O)(=O)O)ccc4c3S(=O)(=O)O)c(O)c12. The number of hydrogen-bond donors (Lipinski definition) is 9. The molecular formula is C46H31N9O18S5. The van der Waals surface area contributed by atoms with E-state index in [1.807, 2.05) is 0 Å². The van der Waals surface area contributed by atoms with Gasteiger partial charge in [-0.25, -0.2) is 0 Å². The molecule has 0 spiro atoms. The third-order valence-electron chi connectivity index (χ3n) is 11.5. The number of nitrogen functional groups attached to an aromatic ring is 1. The number of nitrogens with two attached hydrogens (primary N) is 1. The fourth-order valence-corrected chi connectivity index (χ4v) is 11.5. The van der Waals surface area contributed by atoms with Gasteiger partial charge in [0.05, 0.1) is 22.4 Å². The molecule has 0 atom stereocenters. The number of phenols is 3. The monoisotopic (exact) mass is 1160 g/mol. The second-order valence-electron chi connectivity index (χ2n) is 16.4. The first-order chi connectivity index (χ1) is 36.5. The van der Waals surface area contributed by atoms with E-state index in [-0.39, 0.29) is 65.8 Å². The zero-order valence-electron chi connectivity index (χ0n) is 38.5. The number of hydrogen-bond acceptors (Lipinski definition) is 22. The predicted octanol–water partition coefficient (Wildman–Crippen LogP) is 10.9. The maximum absolute atomic E-state index is 12.8. The van der Waals surface area contributed by atoms with Gasteiger partial charge in [-0.1, -0.05) is 54.6 Å². The molecule has 32 heteroatoms. The molecule has 0 saturated carbocycles. The lowest BCUT2D eigenvalue weighted by Gasteiger charge is -2.12. The van der Waals surface area contributed by atoms with E-state index in [0.29, 0.717) is 0 Å². The summed E-state index contributed by atoms with van der Waals surface area (Å²) in [6.45, 7) is 0. The molecule has 0 aliphatic carbocycles. The molecule has 9 rings (SSSR count). The lowest BCUT2D eigenvalue weighted by Crippen LogP contribution is -2.01. The summed E-state index contributed by atoms with van der Waals surface area (Å²) in [6.07, 6.45) is 0. The van der Waals surface area contributed by atoms with Crippen molar-refractivity contribution in [3.8, 4) is 17.2 Å². The van der Waals surface area contributed by atoms with E-state index in [1.54, 1.807) is 0 Å². The lowest BCUT2D eigenvalue weighted by atomic mass is 10.1. The largest absolute Gasteiger partial charge is 0.505 e. The van der Waals surface area contributed by atoms with Crippen LogP contribution < -0.4 is 5.73 Å². The number of benzene rings is 9. The Bertz CT molecular complexity index is 4830. The van der Waals surface area contributed by atoms with Crippen LogP contribution >= 0.6 is 0 Å². The van der Waals surface area contributed by atoms with Gasteiger partial charge in [0.2, 0.25) is 0 Å². The quantitative estimate of drug-likeness (QED) is 0.0294. The number of phenolic OH excluding ortho intramolecular Hbond substituents is 3. The minimum atomic E-state index is -5.20. The maximum Gasteiger partial charge on any atom is 0.297 e. The molecule has 27 nitrogen and oxygen atoms in total. The summed E-state index contributed by atoms with van der Waals surface area (Å²) in [4.78, 5) is -3.79. The number of aromatic hydroxyl groups is 3.